The van der Waals surface area contributed by atoms with Crippen molar-refractivity contribution in [3.05, 3.63) is 24.3 Å². The van der Waals surface area contributed by atoms with Crippen molar-refractivity contribution in [2.75, 3.05) is 71.0 Å². The zero-order valence-electron chi connectivity index (χ0n) is 18.4. The average molecular weight is 404 g/mol. The van der Waals surface area contributed by atoms with Gasteiger partial charge in [-0.15, -0.1) is 0 Å². The average Bonchev–Trinajstić information content (AvgIpc) is 2.77. The van der Waals surface area contributed by atoms with Crippen molar-refractivity contribution in [2.24, 2.45) is 4.99 Å². The molecule has 2 fully saturated rings. The van der Waals surface area contributed by atoms with Crippen molar-refractivity contribution in [2.45, 2.75) is 32.9 Å². The lowest BCUT2D eigenvalue weighted by atomic mass is 10.2. The van der Waals surface area contributed by atoms with Gasteiger partial charge in [-0.1, -0.05) is 0 Å². The Labute approximate surface area is 175 Å². The standard InChI is InChI=1S/C22H37N5O2/c1-5-23-22(24-16-18(2)27-14-15-29-17-19(27)3)26-12-10-25(11-13-26)20-6-8-21(28-4)9-7-20/h6-9,18-19H,5,10-17H2,1-4H3,(H,23,24). The highest BCUT2D eigenvalue weighted by atomic mass is 16.5. The fourth-order valence-electron chi connectivity index (χ4n) is 4.11. The van der Waals surface area contributed by atoms with E-state index >= 15 is 0 Å². The quantitative estimate of drug-likeness (QED) is 0.578. The molecule has 2 unspecified atom stereocenters. The van der Waals surface area contributed by atoms with Gasteiger partial charge in [0, 0.05) is 57.0 Å². The SMILES string of the molecule is CCNC(=NCC(C)N1CCOCC1C)N1CCN(c2ccc(OC)cc2)CC1. The third-order valence-corrected chi connectivity index (χ3v) is 5.84. The summed E-state index contributed by atoms with van der Waals surface area (Å²) in [5, 5.41) is 3.49. The number of aliphatic imine (C=N–C) groups is 1. The van der Waals surface area contributed by atoms with Gasteiger partial charge in [-0.05, 0) is 45.0 Å². The van der Waals surface area contributed by atoms with Crippen molar-refractivity contribution in [1.29, 1.82) is 0 Å². The maximum absolute atomic E-state index is 5.57. The summed E-state index contributed by atoms with van der Waals surface area (Å²) in [5.74, 6) is 1.94. The van der Waals surface area contributed by atoms with Crippen LogP contribution in [0.4, 0.5) is 5.69 Å². The van der Waals surface area contributed by atoms with Crippen LogP contribution in [0.1, 0.15) is 20.8 Å². The number of nitrogens with one attached hydrogen (secondary N) is 1. The summed E-state index contributed by atoms with van der Waals surface area (Å²) in [4.78, 5) is 12.3. The minimum absolute atomic E-state index is 0.420. The molecule has 7 nitrogen and oxygen atoms in total. The smallest absolute Gasteiger partial charge is 0.194 e. The molecule has 2 atom stereocenters. The zero-order chi connectivity index (χ0) is 20.6. The highest BCUT2D eigenvalue weighted by molar-refractivity contribution is 5.80. The molecule has 0 bridgehead atoms. The number of piperazine rings is 1. The lowest BCUT2D eigenvalue weighted by Crippen LogP contribution is -2.53. The Morgan fingerprint density at radius 3 is 2.55 bits per heavy atom. The molecule has 2 heterocycles. The Morgan fingerprint density at radius 2 is 1.93 bits per heavy atom. The van der Waals surface area contributed by atoms with Crippen LogP contribution in [0.15, 0.2) is 29.3 Å². The fourth-order valence-corrected chi connectivity index (χ4v) is 4.11. The minimum atomic E-state index is 0.420. The van der Waals surface area contributed by atoms with Gasteiger partial charge in [-0.25, -0.2) is 0 Å². The van der Waals surface area contributed by atoms with Gasteiger partial charge in [-0.2, -0.15) is 0 Å². The maximum atomic E-state index is 5.57. The van der Waals surface area contributed by atoms with E-state index in [0.29, 0.717) is 12.1 Å². The first-order valence-corrected chi connectivity index (χ1v) is 10.9. The number of methoxy groups -OCH3 is 1. The monoisotopic (exact) mass is 403 g/mol. The van der Waals surface area contributed by atoms with E-state index in [0.717, 1.165) is 70.7 Å². The molecule has 3 rings (SSSR count). The molecule has 162 valence electrons. The van der Waals surface area contributed by atoms with E-state index in [1.807, 2.05) is 12.1 Å². The zero-order valence-corrected chi connectivity index (χ0v) is 18.4. The Bertz CT molecular complexity index is 643. The Hall–Kier alpha value is -1.99. The molecule has 1 N–H and O–H groups in total. The Balaban J connectivity index is 1.55. The third kappa shape index (κ3) is 5.76. The van der Waals surface area contributed by atoms with Crippen LogP contribution in [0.5, 0.6) is 5.75 Å². The van der Waals surface area contributed by atoms with Crippen molar-refractivity contribution < 1.29 is 9.47 Å². The molecule has 2 aliphatic rings. The van der Waals surface area contributed by atoms with Crippen molar-refractivity contribution in [3.8, 4) is 5.75 Å². The predicted molar refractivity (Wildman–Crippen MR) is 119 cm³/mol. The summed E-state index contributed by atoms with van der Waals surface area (Å²) in [5.41, 5.74) is 1.25. The molecular formula is C22H37N5O2. The number of rotatable bonds is 6. The van der Waals surface area contributed by atoms with Gasteiger partial charge in [0.1, 0.15) is 5.75 Å². The lowest BCUT2D eigenvalue weighted by Gasteiger charge is -2.39. The first kappa shape index (κ1) is 21.7. The molecule has 29 heavy (non-hydrogen) atoms. The van der Waals surface area contributed by atoms with E-state index < -0.39 is 0 Å². The lowest BCUT2D eigenvalue weighted by molar-refractivity contribution is -0.0166. The van der Waals surface area contributed by atoms with E-state index in [-0.39, 0.29) is 0 Å². The molecule has 0 spiro atoms. The molecule has 0 amide bonds. The number of guanidine groups is 1. The summed E-state index contributed by atoms with van der Waals surface area (Å²) in [6.07, 6.45) is 0. The summed E-state index contributed by atoms with van der Waals surface area (Å²) >= 11 is 0. The predicted octanol–water partition coefficient (Wildman–Crippen LogP) is 1.89. The second-order valence-corrected chi connectivity index (χ2v) is 7.88. The molecule has 1 aromatic carbocycles. The largest absolute Gasteiger partial charge is 0.497 e. The van der Waals surface area contributed by atoms with Crippen LogP contribution in [0, 0.1) is 0 Å². The van der Waals surface area contributed by atoms with Crippen molar-refractivity contribution in [3.63, 3.8) is 0 Å². The molecule has 2 saturated heterocycles. The van der Waals surface area contributed by atoms with Gasteiger partial charge >= 0.3 is 0 Å². The fraction of sp³-hybridized carbons (Fsp3) is 0.682. The van der Waals surface area contributed by atoms with Crippen LogP contribution in [0.25, 0.3) is 0 Å². The van der Waals surface area contributed by atoms with Gasteiger partial charge in [0.05, 0.1) is 26.9 Å². The minimum Gasteiger partial charge on any atom is -0.497 e. The van der Waals surface area contributed by atoms with Gasteiger partial charge in [-0.3, -0.25) is 9.89 Å². The topological polar surface area (TPSA) is 52.6 Å². The van der Waals surface area contributed by atoms with Crippen LogP contribution in [0.2, 0.25) is 0 Å². The molecule has 0 saturated carbocycles. The number of hydrogen-bond acceptors (Lipinski definition) is 5. The molecular weight excluding hydrogens is 366 g/mol. The molecule has 0 aliphatic carbocycles. The molecule has 0 radical (unpaired) electrons. The van der Waals surface area contributed by atoms with Gasteiger partial charge in [0.15, 0.2) is 5.96 Å². The van der Waals surface area contributed by atoms with E-state index in [9.17, 15) is 0 Å². The summed E-state index contributed by atoms with van der Waals surface area (Å²) in [6.45, 7) is 14.9. The molecule has 1 aromatic rings. The Kier molecular flexibility index (Phi) is 8.00. The normalized spacial score (nSPS) is 22.5. The highest BCUT2D eigenvalue weighted by Gasteiger charge is 2.24. The number of anilines is 1. The first-order valence-electron chi connectivity index (χ1n) is 10.9. The van der Waals surface area contributed by atoms with Crippen LogP contribution in [-0.4, -0.2) is 94.0 Å². The van der Waals surface area contributed by atoms with Gasteiger partial charge in [0.2, 0.25) is 0 Å². The van der Waals surface area contributed by atoms with Crippen LogP contribution in [0.3, 0.4) is 0 Å². The van der Waals surface area contributed by atoms with E-state index in [1.54, 1.807) is 7.11 Å². The third-order valence-electron chi connectivity index (χ3n) is 5.84. The summed E-state index contributed by atoms with van der Waals surface area (Å²) < 4.78 is 10.8. The second kappa shape index (κ2) is 10.7. The maximum Gasteiger partial charge on any atom is 0.194 e. The number of morpholine rings is 1. The number of hydrogen-bond donors (Lipinski definition) is 1. The van der Waals surface area contributed by atoms with Crippen LogP contribution in [-0.2, 0) is 4.74 Å². The first-order chi connectivity index (χ1) is 14.1. The van der Waals surface area contributed by atoms with E-state index in [1.165, 1.54) is 5.69 Å². The summed E-state index contributed by atoms with van der Waals surface area (Å²) in [6, 6.07) is 9.22. The molecule has 0 aromatic heterocycles. The van der Waals surface area contributed by atoms with Crippen molar-refractivity contribution in [1.82, 2.24) is 15.1 Å². The van der Waals surface area contributed by atoms with Crippen LogP contribution >= 0.6 is 0 Å². The molecule has 7 heteroatoms. The van der Waals surface area contributed by atoms with E-state index in [4.69, 9.17) is 14.5 Å². The van der Waals surface area contributed by atoms with Crippen LogP contribution < -0.4 is 15.0 Å². The number of nitrogens with zero attached hydrogens (tertiary/aromatic N) is 4. The van der Waals surface area contributed by atoms with Gasteiger partial charge < -0.3 is 24.6 Å². The van der Waals surface area contributed by atoms with E-state index in [2.05, 4.69) is 52.9 Å². The Morgan fingerprint density at radius 1 is 1.21 bits per heavy atom. The summed E-state index contributed by atoms with van der Waals surface area (Å²) in [7, 11) is 1.70. The number of ether oxygens (including phenoxy) is 2. The number of benzene rings is 1. The second-order valence-electron chi connectivity index (χ2n) is 7.88. The van der Waals surface area contributed by atoms with Gasteiger partial charge in [0.25, 0.3) is 0 Å². The van der Waals surface area contributed by atoms with Crippen molar-refractivity contribution >= 4 is 11.6 Å². The molecule has 2 aliphatic heterocycles. The highest BCUT2D eigenvalue weighted by Crippen LogP contribution is 2.20.